The van der Waals surface area contributed by atoms with Gasteiger partial charge in [0, 0.05) is 17.1 Å². The van der Waals surface area contributed by atoms with Gasteiger partial charge < -0.3 is 10.5 Å². The molecule has 0 aromatic carbocycles. The number of hydrogen-bond acceptors (Lipinski definition) is 5. The van der Waals surface area contributed by atoms with Crippen LogP contribution in [0.3, 0.4) is 0 Å². The number of nitrogens with two attached hydrogens (primary N) is 1. The van der Waals surface area contributed by atoms with E-state index in [0.717, 1.165) is 4.88 Å². The van der Waals surface area contributed by atoms with E-state index in [2.05, 4.69) is 9.72 Å². The Kier molecular flexibility index (Phi) is 2.78. The van der Waals surface area contributed by atoms with Crippen molar-refractivity contribution >= 4 is 17.3 Å². The van der Waals surface area contributed by atoms with Gasteiger partial charge in [-0.25, -0.2) is 9.78 Å². The summed E-state index contributed by atoms with van der Waals surface area (Å²) in [7, 11) is 1.33. The van der Waals surface area contributed by atoms with Gasteiger partial charge in [-0.3, -0.25) is 0 Å². The van der Waals surface area contributed by atoms with Crippen molar-refractivity contribution in [2.75, 3.05) is 7.11 Å². The number of aromatic nitrogens is 1. The second-order valence-corrected chi connectivity index (χ2v) is 3.41. The molecule has 5 heteroatoms. The Morgan fingerprint density at radius 3 is 2.92 bits per heavy atom. The summed E-state index contributed by atoms with van der Waals surface area (Å²) in [5.74, 6) is -0.410. The van der Waals surface area contributed by atoms with Crippen LogP contribution in [-0.2, 0) is 4.74 Å². The minimum Gasteiger partial charge on any atom is -0.464 e. The van der Waals surface area contributed by atoms with Gasteiger partial charge in [-0.2, -0.15) is 0 Å². The fraction of sp³-hybridized carbons (Fsp3) is 0.429. The minimum atomic E-state index is -0.410. The summed E-state index contributed by atoms with van der Waals surface area (Å²) in [6.45, 7) is 1.84. The van der Waals surface area contributed by atoms with Crippen LogP contribution >= 0.6 is 11.3 Å². The van der Waals surface area contributed by atoms with Crippen molar-refractivity contribution in [1.29, 1.82) is 0 Å². The Morgan fingerprint density at radius 1 is 1.83 bits per heavy atom. The van der Waals surface area contributed by atoms with Crippen LogP contribution in [0.25, 0.3) is 0 Å². The number of thiazole rings is 1. The molecule has 0 saturated carbocycles. The summed E-state index contributed by atoms with van der Waals surface area (Å²) in [5, 5.41) is 0.352. The van der Waals surface area contributed by atoms with Crippen LogP contribution in [0, 0.1) is 0 Å². The monoisotopic (exact) mass is 186 g/mol. The maximum atomic E-state index is 10.9. The predicted molar refractivity (Wildman–Crippen MR) is 46.1 cm³/mol. The number of ether oxygens (including phenoxy) is 1. The van der Waals surface area contributed by atoms with Gasteiger partial charge in [0.2, 0.25) is 5.01 Å². The van der Waals surface area contributed by atoms with Crippen LogP contribution in [0.4, 0.5) is 0 Å². The zero-order valence-corrected chi connectivity index (χ0v) is 7.72. The lowest BCUT2D eigenvalue weighted by Crippen LogP contribution is -2.02. The minimum absolute atomic E-state index is 0.0825. The molecule has 0 aliphatic heterocycles. The summed E-state index contributed by atoms with van der Waals surface area (Å²) < 4.78 is 4.50. The lowest BCUT2D eigenvalue weighted by atomic mass is 10.3. The third-order valence-electron chi connectivity index (χ3n) is 1.33. The predicted octanol–water partition coefficient (Wildman–Crippen LogP) is 0.949. The molecule has 1 heterocycles. The molecule has 1 unspecified atom stereocenters. The first kappa shape index (κ1) is 9.15. The van der Waals surface area contributed by atoms with E-state index in [1.165, 1.54) is 18.4 Å². The van der Waals surface area contributed by atoms with Gasteiger partial charge in [0.05, 0.1) is 7.11 Å². The average Bonchev–Trinajstić information content (AvgIpc) is 2.51. The molecule has 4 nitrogen and oxygen atoms in total. The van der Waals surface area contributed by atoms with E-state index < -0.39 is 5.97 Å². The summed E-state index contributed by atoms with van der Waals surface area (Å²) in [5.41, 5.74) is 5.59. The molecule has 66 valence electrons. The van der Waals surface area contributed by atoms with E-state index in [4.69, 9.17) is 5.73 Å². The van der Waals surface area contributed by atoms with Crippen molar-refractivity contribution in [3.8, 4) is 0 Å². The van der Waals surface area contributed by atoms with Crippen molar-refractivity contribution in [2.24, 2.45) is 5.73 Å². The lowest BCUT2D eigenvalue weighted by molar-refractivity contribution is 0.0600. The quantitative estimate of drug-likeness (QED) is 0.698. The molecular weight excluding hydrogens is 176 g/mol. The number of carbonyl (C=O) groups is 1. The highest BCUT2D eigenvalue weighted by molar-refractivity contribution is 7.13. The topological polar surface area (TPSA) is 65.2 Å². The van der Waals surface area contributed by atoms with Crippen LogP contribution in [0.5, 0.6) is 0 Å². The number of esters is 1. The molecule has 0 radical (unpaired) electrons. The van der Waals surface area contributed by atoms with Gasteiger partial charge in [-0.1, -0.05) is 0 Å². The molecule has 0 fully saturated rings. The number of methoxy groups -OCH3 is 1. The molecule has 0 aliphatic carbocycles. The van der Waals surface area contributed by atoms with Gasteiger partial charge in [-0.05, 0) is 6.92 Å². The summed E-state index contributed by atoms with van der Waals surface area (Å²) in [6.07, 6.45) is 1.60. The van der Waals surface area contributed by atoms with Gasteiger partial charge in [0.1, 0.15) is 0 Å². The first-order valence-electron chi connectivity index (χ1n) is 3.44. The molecule has 12 heavy (non-hydrogen) atoms. The molecule has 0 bridgehead atoms. The third kappa shape index (κ3) is 1.80. The van der Waals surface area contributed by atoms with Gasteiger partial charge in [-0.15, -0.1) is 11.3 Å². The molecule has 0 amide bonds. The smallest absolute Gasteiger partial charge is 0.367 e. The summed E-state index contributed by atoms with van der Waals surface area (Å²) >= 11 is 1.26. The molecule has 1 atom stereocenters. The largest absolute Gasteiger partial charge is 0.464 e. The van der Waals surface area contributed by atoms with Crippen molar-refractivity contribution in [1.82, 2.24) is 4.98 Å². The fourth-order valence-electron chi connectivity index (χ4n) is 0.679. The molecule has 1 aromatic heterocycles. The van der Waals surface area contributed by atoms with Crippen LogP contribution in [0.15, 0.2) is 6.20 Å². The van der Waals surface area contributed by atoms with Crippen LogP contribution < -0.4 is 5.73 Å². The van der Waals surface area contributed by atoms with Crippen LogP contribution in [0.1, 0.15) is 27.6 Å². The maximum Gasteiger partial charge on any atom is 0.367 e. The Bertz CT molecular complexity index is 283. The van der Waals surface area contributed by atoms with Crippen LogP contribution in [-0.4, -0.2) is 18.1 Å². The normalized spacial score (nSPS) is 12.6. The first-order chi connectivity index (χ1) is 5.65. The zero-order chi connectivity index (χ0) is 9.14. The first-order valence-corrected chi connectivity index (χ1v) is 4.26. The SMILES string of the molecule is COC(=O)c1ncc(C(C)N)s1. The van der Waals surface area contributed by atoms with Gasteiger partial charge in [0.15, 0.2) is 0 Å². The average molecular weight is 186 g/mol. The van der Waals surface area contributed by atoms with Crippen molar-refractivity contribution in [2.45, 2.75) is 13.0 Å². The molecular formula is C7H10N2O2S. The van der Waals surface area contributed by atoms with E-state index >= 15 is 0 Å². The third-order valence-corrected chi connectivity index (χ3v) is 2.51. The van der Waals surface area contributed by atoms with Crippen molar-refractivity contribution in [3.05, 3.63) is 16.1 Å². The van der Waals surface area contributed by atoms with E-state index in [9.17, 15) is 4.79 Å². The van der Waals surface area contributed by atoms with E-state index in [1.54, 1.807) is 6.20 Å². The van der Waals surface area contributed by atoms with E-state index in [1.807, 2.05) is 6.92 Å². The fourth-order valence-corrected chi connectivity index (χ4v) is 1.47. The molecule has 1 aromatic rings. The second kappa shape index (κ2) is 3.64. The highest BCUT2D eigenvalue weighted by Gasteiger charge is 2.12. The number of rotatable bonds is 2. The van der Waals surface area contributed by atoms with Gasteiger partial charge in [0.25, 0.3) is 0 Å². The number of nitrogens with zero attached hydrogens (tertiary/aromatic N) is 1. The van der Waals surface area contributed by atoms with Crippen molar-refractivity contribution in [3.63, 3.8) is 0 Å². The number of carbonyl (C=O) groups excluding carboxylic acids is 1. The zero-order valence-electron chi connectivity index (χ0n) is 6.90. The molecule has 0 saturated heterocycles. The lowest BCUT2D eigenvalue weighted by Gasteiger charge is -1.96. The van der Waals surface area contributed by atoms with Crippen molar-refractivity contribution < 1.29 is 9.53 Å². The van der Waals surface area contributed by atoms with E-state index in [0.29, 0.717) is 5.01 Å². The Hall–Kier alpha value is -0.940. The Balaban J connectivity index is 2.84. The molecule has 0 aliphatic rings. The van der Waals surface area contributed by atoms with Gasteiger partial charge >= 0.3 is 5.97 Å². The maximum absolute atomic E-state index is 10.9. The second-order valence-electron chi connectivity index (χ2n) is 2.35. The molecule has 2 N–H and O–H groups in total. The Labute approximate surface area is 74.4 Å². The Morgan fingerprint density at radius 2 is 2.50 bits per heavy atom. The summed E-state index contributed by atoms with van der Waals surface area (Å²) in [4.78, 5) is 15.7. The summed E-state index contributed by atoms with van der Waals surface area (Å²) in [6, 6.07) is -0.0825. The van der Waals surface area contributed by atoms with E-state index in [-0.39, 0.29) is 6.04 Å². The highest BCUT2D eigenvalue weighted by atomic mass is 32.1. The molecule has 1 rings (SSSR count). The van der Waals surface area contributed by atoms with Crippen LogP contribution in [0.2, 0.25) is 0 Å². The highest BCUT2D eigenvalue weighted by Crippen LogP contribution is 2.18. The number of hydrogen-bond donors (Lipinski definition) is 1. The standard InChI is InChI=1S/C7H10N2O2S/c1-4(8)5-3-9-6(12-5)7(10)11-2/h3-4H,8H2,1-2H3. The molecule has 0 spiro atoms.